The van der Waals surface area contributed by atoms with E-state index in [1.807, 2.05) is 0 Å². The lowest BCUT2D eigenvalue weighted by Crippen LogP contribution is -2.47. The summed E-state index contributed by atoms with van der Waals surface area (Å²) in [5.41, 5.74) is 0.904. The van der Waals surface area contributed by atoms with Gasteiger partial charge < -0.3 is 33.4 Å². The number of rotatable bonds is 9. The summed E-state index contributed by atoms with van der Waals surface area (Å²) in [6.07, 6.45) is 6.40. The molecule has 0 radical (unpaired) electrons. The monoisotopic (exact) mass is 550 g/mol. The molecule has 10 heteroatoms. The van der Waals surface area contributed by atoms with Gasteiger partial charge in [0.05, 0.1) is 27.6 Å². The van der Waals surface area contributed by atoms with E-state index in [1.165, 1.54) is 32.5 Å². The van der Waals surface area contributed by atoms with Gasteiger partial charge >= 0.3 is 0 Å². The highest BCUT2D eigenvalue weighted by atomic mass is 16.6. The zero-order chi connectivity index (χ0) is 28.1. The van der Waals surface area contributed by atoms with Crippen molar-refractivity contribution in [2.45, 2.75) is 44.2 Å². The third-order valence-corrected chi connectivity index (χ3v) is 7.22. The van der Waals surface area contributed by atoms with Gasteiger partial charge in [-0.3, -0.25) is 14.5 Å². The van der Waals surface area contributed by atoms with Gasteiger partial charge in [-0.15, -0.1) is 0 Å². The number of methoxy groups -OCH3 is 3. The fourth-order valence-corrected chi connectivity index (χ4v) is 5.29. The SMILES string of the molecule is COc1cc([C@H](C(=O)NC2CCCCC2)N(C(=O)c2ccco2)c2ccc3c(c2)OCCO3)cc(OC)c1OC. The maximum absolute atomic E-state index is 14.2. The van der Waals surface area contributed by atoms with Crippen LogP contribution in [-0.2, 0) is 4.79 Å². The zero-order valence-corrected chi connectivity index (χ0v) is 22.9. The number of nitrogens with one attached hydrogen (secondary N) is 1. The zero-order valence-electron chi connectivity index (χ0n) is 22.9. The largest absolute Gasteiger partial charge is 0.493 e. The van der Waals surface area contributed by atoms with E-state index in [2.05, 4.69) is 5.32 Å². The third-order valence-electron chi connectivity index (χ3n) is 7.22. The fraction of sp³-hybridized carbons (Fsp3) is 0.400. The number of ether oxygens (including phenoxy) is 5. The predicted octanol–water partition coefficient (Wildman–Crippen LogP) is 4.91. The van der Waals surface area contributed by atoms with E-state index >= 15 is 0 Å². The Hall–Kier alpha value is -4.34. The first-order valence-corrected chi connectivity index (χ1v) is 13.4. The van der Waals surface area contributed by atoms with E-state index in [0.29, 0.717) is 53.2 Å². The molecule has 40 heavy (non-hydrogen) atoms. The number of anilines is 1. The smallest absolute Gasteiger partial charge is 0.294 e. The van der Waals surface area contributed by atoms with Crippen molar-refractivity contribution in [3.8, 4) is 28.7 Å². The van der Waals surface area contributed by atoms with Crippen LogP contribution in [0.25, 0.3) is 0 Å². The van der Waals surface area contributed by atoms with Gasteiger partial charge in [-0.05, 0) is 54.8 Å². The van der Waals surface area contributed by atoms with Crippen LogP contribution in [-0.4, -0.2) is 52.4 Å². The van der Waals surface area contributed by atoms with Crippen molar-refractivity contribution in [1.29, 1.82) is 0 Å². The number of nitrogens with zero attached hydrogens (tertiary/aromatic N) is 1. The number of hydrogen-bond acceptors (Lipinski definition) is 8. The Morgan fingerprint density at radius 1 is 0.900 bits per heavy atom. The molecule has 0 bridgehead atoms. The van der Waals surface area contributed by atoms with E-state index in [4.69, 9.17) is 28.1 Å². The molecular weight excluding hydrogens is 516 g/mol. The fourth-order valence-electron chi connectivity index (χ4n) is 5.29. The first kappa shape index (κ1) is 27.2. The van der Waals surface area contributed by atoms with E-state index in [1.54, 1.807) is 42.5 Å². The van der Waals surface area contributed by atoms with E-state index in [0.717, 1.165) is 32.1 Å². The van der Waals surface area contributed by atoms with Crippen LogP contribution >= 0.6 is 0 Å². The van der Waals surface area contributed by atoms with Crippen LogP contribution in [0.1, 0.15) is 54.3 Å². The highest BCUT2D eigenvalue weighted by Gasteiger charge is 2.37. The normalized spacial score (nSPS) is 15.6. The molecule has 2 heterocycles. The average molecular weight is 551 g/mol. The Morgan fingerprint density at radius 3 is 2.23 bits per heavy atom. The second-order valence-corrected chi connectivity index (χ2v) is 9.69. The highest BCUT2D eigenvalue weighted by Crippen LogP contribution is 2.43. The maximum atomic E-state index is 14.2. The van der Waals surface area contributed by atoms with Crippen LogP contribution in [0, 0.1) is 0 Å². The lowest BCUT2D eigenvalue weighted by Gasteiger charge is -2.34. The molecule has 3 aromatic rings. The summed E-state index contributed by atoms with van der Waals surface area (Å²) in [5.74, 6) is 1.39. The van der Waals surface area contributed by atoms with Gasteiger partial charge in [0.25, 0.3) is 5.91 Å². The highest BCUT2D eigenvalue weighted by molar-refractivity contribution is 6.09. The molecule has 2 aromatic carbocycles. The first-order chi connectivity index (χ1) is 19.5. The van der Waals surface area contributed by atoms with Crippen LogP contribution < -0.4 is 33.9 Å². The van der Waals surface area contributed by atoms with Crippen molar-refractivity contribution in [1.82, 2.24) is 5.32 Å². The summed E-state index contributed by atoms with van der Waals surface area (Å²) >= 11 is 0. The minimum absolute atomic E-state index is 0.00613. The number of fused-ring (bicyclic) bond motifs is 1. The molecule has 0 unspecified atom stereocenters. The molecule has 2 amide bonds. The Morgan fingerprint density at radius 2 is 1.60 bits per heavy atom. The Bertz CT molecular complexity index is 1310. The number of amides is 2. The lowest BCUT2D eigenvalue weighted by molar-refractivity contribution is -0.123. The van der Waals surface area contributed by atoms with E-state index in [-0.39, 0.29) is 17.7 Å². The predicted molar refractivity (Wildman–Crippen MR) is 147 cm³/mol. The quantitative estimate of drug-likeness (QED) is 0.400. The average Bonchev–Trinajstić information content (AvgIpc) is 3.54. The molecule has 212 valence electrons. The molecule has 0 saturated heterocycles. The van der Waals surface area contributed by atoms with Crippen molar-refractivity contribution in [2.24, 2.45) is 0 Å². The summed E-state index contributed by atoms with van der Waals surface area (Å²) in [6.45, 7) is 0.806. The molecule has 1 N–H and O–H groups in total. The maximum Gasteiger partial charge on any atom is 0.294 e. The van der Waals surface area contributed by atoms with E-state index < -0.39 is 11.9 Å². The van der Waals surface area contributed by atoms with Crippen molar-refractivity contribution < 1.29 is 37.7 Å². The van der Waals surface area contributed by atoms with Gasteiger partial charge in [-0.25, -0.2) is 0 Å². The number of hydrogen-bond donors (Lipinski definition) is 1. The van der Waals surface area contributed by atoms with Gasteiger partial charge in [0.1, 0.15) is 19.3 Å². The molecule has 1 atom stereocenters. The van der Waals surface area contributed by atoms with Crippen LogP contribution in [0.3, 0.4) is 0 Å². The first-order valence-electron chi connectivity index (χ1n) is 13.4. The van der Waals surface area contributed by atoms with Gasteiger partial charge in [0.2, 0.25) is 11.7 Å². The second-order valence-electron chi connectivity index (χ2n) is 9.69. The summed E-state index contributed by atoms with van der Waals surface area (Å²) < 4.78 is 33.7. The number of carbonyl (C=O) groups is 2. The van der Waals surface area contributed by atoms with E-state index in [9.17, 15) is 9.59 Å². The van der Waals surface area contributed by atoms with Crippen LogP contribution in [0.2, 0.25) is 0 Å². The minimum Gasteiger partial charge on any atom is -0.493 e. The lowest BCUT2D eigenvalue weighted by atomic mass is 9.94. The molecule has 0 spiro atoms. The van der Waals surface area contributed by atoms with Gasteiger partial charge in [0, 0.05) is 17.8 Å². The molecule has 1 fully saturated rings. The topological polar surface area (TPSA) is 109 Å². The molecule has 1 aliphatic carbocycles. The second kappa shape index (κ2) is 12.2. The summed E-state index contributed by atoms with van der Waals surface area (Å²) in [4.78, 5) is 29.8. The van der Waals surface area contributed by atoms with Crippen molar-refractivity contribution in [3.05, 3.63) is 60.1 Å². The van der Waals surface area contributed by atoms with Gasteiger partial charge in [-0.1, -0.05) is 19.3 Å². The van der Waals surface area contributed by atoms with Gasteiger partial charge in [0.15, 0.2) is 28.8 Å². The van der Waals surface area contributed by atoms with Crippen LogP contribution in [0.15, 0.2) is 53.1 Å². The van der Waals surface area contributed by atoms with Crippen molar-refractivity contribution >= 4 is 17.5 Å². The number of benzene rings is 2. The Kier molecular flexibility index (Phi) is 8.33. The molecule has 1 aliphatic heterocycles. The van der Waals surface area contributed by atoms with Gasteiger partial charge in [-0.2, -0.15) is 0 Å². The molecule has 1 aromatic heterocycles. The standard InChI is InChI=1S/C30H34N2O8/c1-35-25-16-19(17-26(36-2)28(25)37-3)27(29(33)31-20-8-5-4-6-9-20)32(30(34)23-10-7-13-38-23)21-11-12-22-24(18-21)40-15-14-39-22/h7,10-13,16-18,20,27H,4-6,8-9,14-15H2,1-3H3,(H,31,33)/t27-/m1/s1. The van der Waals surface area contributed by atoms with Crippen molar-refractivity contribution in [2.75, 3.05) is 39.4 Å². The Balaban J connectivity index is 1.67. The Labute approximate surface area is 233 Å². The minimum atomic E-state index is -1.12. The molecule has 5 rings (SSSR count). The summed E-state index contributed by atoms with van der Waals surface area (Å²) in [7, 11) is 4.52. The molecule has 1 saturated carbocycles. The molecular formula is C30H34N2O8. The number of carbonyl (C=O) groups excluding carboxylic acids is 2. The molecule has 10 nitrogen and oxygen atoms in total. The van der Waals surface area contributed by atoms with Crippen LogP contribution in [0.4, 0.5) is 5.69 Å². The number of furan rings is 1. The summed E-state index contributed by atoms with van der Waals surface area (Å²) in [5, 5.41) is 3.20. The van der Waals surface area contributed by atoms with Crippen molar-refractivity contribution in [3.63, 3.8) is 0 Å². The molecule has 2 aliphatic rings. The third kappa shape index (κ3) is 5.52. The van der Waals surface area contributed by atoms with Crippen LogP contribution in [0.5, 0.6) is 28.7 Å². The summed E-state index contributed by atoms with van der Waals surface area (Å²) in [6, 6.07) is 10.6.